The lowest BCUT2D eigenvalue weighted by molar-refractivity contribution is 0.0651. The van der Waals surface area contributed by atoms with E-state index in [1.165, 1.54) is 59.9 Å². The van der Waals surface area contributed by atoms with E-state index in [2.05, 4.69) is 78.0 Å². The molecule has 0 spiro atoms. The second-order valence-electron chi connectivity index (χ2n) is 8.29. The van der Waals surface area contributed by atoms with Crippen LogP contribution in [0.1, 0.15) is 37.3 Å². The predicted octanol–water partition coefficient (Wildman–Crippen LogP) is 4.78. The first-order valence-electron chi connectivity index (χ1n) is 10.7. The lowest BCUT2D eigenvalue weighted by Crippen LogP contribution is -2.52. The number of nitrogens with one attached hydrogen (secondary N) is 1. The van der Waals surface area contributed by atoms with E-state index in [1.807, 2.05) is 0 Å². The van der Waals surface area contributed by atoms with Gasteiger partial charge in [0.15, 0.2) is 0 Å². The molecule has 2 aliphatic rings. The van der Waals surface area contributed by atoms with Crippen molar-refractivity contribution in [3.8, 4) is 0 Å². The molecule has 3 nitrogen and oxygen atoms in total. The van der Waals surface area contributed by atoms with E-state index < -0.39 is 0 Å². The molecule has 1 saturated carbocycles. The molecule has 4 rings (SSSR count). The van der Waals surface area contributed by atoms with Crippen LogP contribution in [0.3, 0.4) is 0 Å². The highest BCUT2D eigenvalue weighted by Crippen LogP contribution is 2.27. The van der Waals surface area contributed by atoms with Crippen LogP contribution in [0.15, 0.2) is 54.8 Å². The number of benzene rings is 2. The summed E-state index contributed by atoms with van der Waals surface area (Å²) in [4.78, 5) is 5.26. The van der Waals surface area contributed by atoms with Crippen molar-refractivity contribution in [2.24, 2.45) is 0 Å². The zero-order chi connectivity index (χ0) is 19.5. The van der Waals surface area contributed by atoms with Crippen LogP contribution in [0.2, 0.25) is 0 Å². The van der Waals surface area contributed by atoms with E-state index in [0.29, 0.717) is 0 Å². The Bertz CT molecular complexity index is 870. The molecule has 0 aromatic heterocycles. The third kappa shape index (κ3) is 4.01. The van der Waals surface area contributed by atoms with Gasteiger partial charge in [0.25, 0.3) is 0 Å². The van der Waals surface area contributed by atoms with Crippen LogP contribution >= 0.6 is 0 Å². The fraction of sp³-hybridized carbons (Fsp3) is 0.440. The second-order valence-corrected chi connectivity index (χ2v) is 8.29. The number of aryl methyl sites for hydroxylation is 1. The van der Waals surface area contributed by atoms with Crippen LogP contribution in [0, 0.1) is 6.92 Å². The van der Waals surface area contributed by atoms with Gasteiger partial charge in [-0.25, -0.2) is 0 Å². The van der Waals surface area contributed by atoms with Crippen LogP contribution in [-0.2, 0) is 0 Å². The molecule has 1 aliphatic carbocycles. The van der Waals surface area contributed by atoms with Crippen LogP contribution < -0.4 is 5.32 Å². The molecule has 0 unspecified atom stereocenters. The standard InChI is InChI=1S/C25H33N3/c1-4-21(18-27-14-16-28(17-15-27)22-8-7-9-22)26-20(3)24-13-12-19(2)23-10-5-6-11-25(23)24/h4-6,10-13,22,26H,3,7-9,14-18H2,1-2H3/b21-4-. The van der Waals surface area contributed by atoms with Gasteiger partial charge in [-0.15, -0.1) is 0 Å². The molecule has 0 amide bonds. The van der Waals surface area contributed by atoms with Gasteiger partial charge in [-0.2, -0.15) is 0 Å². The molecule has 1 heterocycles. The monoisotopic (exact) mass is 375 g/mol. The minimum Gasteiger partial charge on any atom is -0.358 e. The van der Waals surface area contributed by atoms with Gasteiger partial charge in [0.1, 0.15) is 0 Å². The van der Waals surface area contributed by atoms with Crippen molar-refractivity contribution in [1.82, 2.24) is 15.1 Å². The van der Waals surface area contributed by atoms with Gasteiger partial charge >= 0.3 is 0 Å². The summed E-state index contributed by atoms with van der Waals surface area (Å²) < 4.78 is 0. The molecule has 0 atom stereocenters. The third-order valence-electron chi connectivity index (χ3n) is 6.52. The molecule has 0 radical (unpaired) electrons. The van der Waals surface area contributed by atoms with Crippen molar-refractivity contribution < 1.29 is 0 Å². The molecule has 1 N–H and O–H groups in total. The van der Waals surface area contributed by atoms with E-state index in [1.54, 1.807) is 0 Å². The number of allylic oxidation sites excluding steroid dienone is 1. The minimum atomic E-state index is 0.871. The number of rotatable bonds is 6. The lowest BCUT2D eigenvalue weighted by atomic mass is 9.91. The molecule has 1 aliphatic heterocycles. The van der Waals surface area contributed by atoms with Gasteiger partial charge < -0.3 is 5.32 Å². The van der Waals surface area contributed by atoms with Crippen molar-refractivity contribution in [3.05, 3.63) is 65.9 Å². The maximum atomic E-state index is 4.36. The van der Waals surface area contributed by atoms with E-state index in [4.69, 9.17) is 0 Å². The van der Waals surface area contributed by atoms with Crippen molar-refractivity contribution in [3.63, 3.8) is 0 Å². The first-order valence-corrected chi connectivity index (χ1v) is 10.7. The van der Waals surface area contributed by atoms with Gasteiger partial charge in [-0.3, -0.25) is 9.80 Å². The Morgan fingerprint density at radius 1 is 1.07 bits per heavy atom. The Morgan fingerprint density at radius 2 is 1.79 bits per heavy atom. The summed E-state index contributed by atoms with van der Waals surface area (Å²) in [5.74, 6) is 0. The highest BCUT2D eigenvalue weighted by molar-refractivity contribution is 5.95. The summed E-state index contributed by atoms with van der Waals surface area (Å²) in [6, 6.07) is 13.9. The van der Waals surface area contributed by atoms with Gasteiger partial charge in [-0.1, -0.05) is 55.5 Å². The molecule has 3 heteroatoms. The average Bonchev–Trinajstić information content (AvgIpc) is 2.68. The minimum absolute atomic E-state index is 0.871. The highest BCUT2D eigenvalue weighted by Gasteiger charge is 2.27. The molecule has 2 fully saturated rings. The fourth-order valence-electron chi connectivity index (χ4n) is 4.46. The van der Waals surface area contributed by atoms with Crippen molar-refractivity contribution in [2.75, 3.05) is 32.7 Å². The second kappa shape index (κ2) is 8.50. The molecule has 2 aromatic rings. The molecule has 1 saturated heterocycles. The number of hydrogen-bond donors (Lipinski definition) is 1. The van der Waals surface area contributed by atoms with Crippen molar-refractivity contribution >= 4 is 16.5 Å². The third-order valence-corrected chi connectivity index (χ3v) is 6.52. The molecule has 0 bridgehead atoms. The summed E-state index contributed by atoms with van der Waals surface area (Å²) in [5.41, 5.74) is 4.72. The maximum Gasteiger partial charge on any atom is 0.0388 e. The average molecular weight is 376 g/mol. The van der Waals surface area contributed by atoms with Gasteiger partial charge in [-0.05, 0) is 43.0 Å². The number of fused-ring (bicyclic) bond motifs is 1. The summed E-state index contributed by atoms with van der Waals surface area (Å²) in [7, 11) is 0. The Labute approximate surface area is 169 Å². The topological polar surface area (TPSA) is 18.5 Å². The van der Waals surface area contributed by atoms with Crippen LogP contribution in [0.4, 0.5) is 0 Å². The van der Waals surface area contributed by atoms with Crippen LogP contribution in [0.5, 0.6) is 0 Å². The van der Waals surface area contributed by atoms with E-state index in [0.717, 1.165) is 31.4 Å². The summed E-state index contributed by atoms with van der Waals surface area (Å²) >= 11 is 0. The molecule has 28 heavy (non-hydrogen) atoms. The lowest BCUT2D eigenvalue weighted by Gasteiger charge is -2.43. The van der Waals surface area contributed by atoms with E-state index in [-0.39, 0.29) is 0 Å². The Kier molecular flexibility index (Phi) is 5.84. The largest absolute Gasteiger partial charge is 0.358 e. The highest BCUT2D eigenvalue weighted by atomic mass is 15.3. The van der Waals surface area contributed by atoms with Crippen molar-refractivity contribution in [1.29, 1.82) is 0 Å². The van der Waals surface area contributed by atoms with E-state index in [9.17, 15) is 0 Å². The molecule has 148 valence electrons. The quantitative estimate of drug-likeness (QED) is 0.784. The van der Waals surface area contributed by atoms with Crippen LogP contribution in [-0.4, -0.2) is 48.6 Å². The van der Waals surface area contributed by atoms with Crippen molar-refractivity contribution in [2.45, 2.75) is 39.2 Å². The first-order chi connectivity index (χ1) is 13.7. The number of nitrogens with zero attached hydrogens (tertiary/aromatic N) is 2. The van der Waals surface area contributed by atoms with E-state index >= 15 is 0 Å². The van der Waals surface area contributed by atoms with Crippen LogP contribution in [0.25, 0.3) is 16.5 Å². The SMILES string of the molecule is C=C(N/C(=C\C)CN1CCN(C2CCC2)CC1)c1ccc(C)c2ccccc12. The molecular weight excluding hydrogens is 342 g/mol. The molecule has 2 aromatic carbocycles. The van der Waals surface area contributed by atoms with Gasteiger partial charge in [0.05, 0.1) is 0 Å². The Hall–Kier alpha value is -2.10. The Balaban J connectivity index is 1.39. The number of hydrogen-bond acceptors (Lipinski definition) is 3. The maximum absolute atomic E-state index is 4.36. The van der Waals surface area contributed by atoms with Gasteiger partial charge in [0.2, 0.25) is 0 Å². The smallest absolute Gasteiger partial charge is 0.0388 e. The normalized spacial score (nSPS) is 19.6. The number of piperazine rings is 1. The predicted molar refractivity (Wildman–Crippen MR) is 120 cm³/mol. The fourth-order valence-corrected chi connectivity index (χ4v) is 4.46. The van der Waals surface area contributed by atoms with Gasteiger partial charge in [0, 0.05) is 55.7 Å². The summed E-state index contributed by atoms with van der Waals surface area (Å²) in [6.45, 7) is 14.4. The summed E-state index contributed by atoms with van der Waals surface area (Å²) in [6.07, 6.45) is 6.44. The first kappa shape index (κ1) is 19.2. The summed E-state index contributed by atoms with van der Waals surface area (Å²) in [5, 5.41) is 6.18. The Morgan fingerprint density at radius 3 is 2.43 bits per heavy atom. The zero-order valence-corrected chi connectivity index (χ0v) is 17.4. The zero-order valence-electron chi connectivity index (χ0n) is 17.4. The molecular formula is C25H33N3.